The number of ether oxygens (including phenoxy) is 1. The largest absolute Gasteiger partial charge is 0.372 e. The minimum absolute atomic E-state index is 0.0858. The second kappa shape index (κ2) is 7.05. The fourth-order valence-corrected chi connectivity index (χ4v) is 5.03. The van der Waals surface area contributed by atoms with Crippen LogP contribution >= 0.6 is 0 Å². The first-order chi connectivity index (χ1) is 11.3. The van der Waals surface area contributed by atoms with Gasteiger partial charge in [-0.25, -0.2) is 0 Å². The predicted octanol–water partition coefficient (Wildman–Crippen LogP) is 3.00. The maximum Gasteiger partial charge on any atom is 0.135 e. The third kappa shape index (κ3) is 4.03. The number of nitrogens with zero attached hydrogens (tertiary/aromatic N) is 1. The van der Waals surface area contributed by atoms with Crippen LogP contribution in [0, 0.1) is 11.8 Å². The van der Waals surface area contributed by atoms with E-state index in [2.05, 4.69) is 24.1 Å². The lowest BCUT2D eigenvalue weighted by Crippen LogP contribution is -2.48. The van der Waals surface area contributed by atoms with Gasteiger partial charge in [-0.15, -0.1) is 0 Å². The highest BCUT2D eigenvalue weighted by atomic mass is 16.5. The lowest BCUT2D eigenvalue weighted by molar-refractivity contribution is -0.123. The Morgan fingerprint density at radius 3 is 2.46 bits per heavy atom. The van der Waals surface area contributed by atoms with Crippen LogP contribution in [0.3, 0.4) is 0 Å². The summed E-state index contributed by atoms with van der Waals surface area (Å²) in [7, 11) is 0. The molecule has 1 N–H and O–H groups in total. The van der Waals surface area contributed by atoms with Gasteiger partial charge < -0.3 is 15.0 Å². The van der Waals surface area contributed by atoms with E-state index >= 15 is 0 Å². The molecule has 2 saturated heterocycles. The molecular formula is C20H36N2O2. The Morgan fingerprint density at radius 2 is 1.92 bits per heavy atom. The van der Waals surface area contributed by atoms with Gasteiger partial charge >= 0.3 is 0 Å². The van der Waals surface area contributed by atoms with Gasteiger partial charge in [-0.1, -0.05) is 27.7 Å². The second-order valence-electron chi connectivity index (χ2n) is 9.27. The summed E-state index contributed by atoms with van der Waals surface area (Å²) >= 11 is 0. The average Bonchev–Trinajstić information content (AvgIpc) is 3.03. The van der Waals surface area contributed by atoms with Gasteiger partial charge in [0.15, 0.2) is 0 Å². The smallest absolute Gasteiger partial charge is 0.135 e. The molecular weight excluding hydrogens is 300 g/mol. The van der Waals surface area contributed by atoms with Crippen LogP contribution in [0.5, 0.6) is 0 Å². The zero-order chi connectivity index (χ0) is 17.4. The maximum atomic E-state index is 12.0. The van der Waals surface area contributed by atoms with Crippen molar-refractivity contribution >= 4 is 5.78 Å². The SMILES string of the molecule is CC(C)NC12CCC(CN3CCC(CC(=O)C(C)C)CC3)(C1)OC2. The van der Waals surface area contributed by atoms with Crippen LogP contribution < -0.4 is 5.32 Å². The van der Waals surface area contributed by atoms with E-state index in [0.29, 0.717) is 17.7 Å². The van der Waals surface area contributed by atoms with E-state index in [1.165, 1.54) is 32.1 Å². The van der Waals surface area contributed by atoms with Crippen LogP contribution in [0.4, 0.5) is 0 Å². The maximum absolute atomic E-state index is 12.0. The van der Waals surface area contributed by atoms with Crippen molar-refractivity contribution in [3.63, 3.8) is 0 Å². The number of nitrogens with one attached hydrogen (secondary N) is 1. The van der Waals surface area contributed by atoms with Gasteiger partial charge in [0, 0.05) is 30.5 Å². The number of hydrogen-bond acceptors (Lipinski definition) is 4. The molecule has 2 bridgehead atoms. The molecule has 4 heteroatoms. The monoisotopic (exact) mass is 336 g/mol. The van der Waals surface area contributed by atoms with Crippen LogP contribution in [0.15, 0.2) is 0 Å². The van der Waals surface area contributed by atoms with Crippen LogP contribution in [-0.4, -0.2) is 54.1 Å². The molecule has 2 unspecified atom stereocenters. The number of ketones is 1. The average molecular weight is 337 g/mol. The van der Waals surface area contributed by atoms with E-state index in [0.717, 1.165) is 32.7 Å². The predicted molar refractivity (Wildman–Crippen MR) is 97.2 cm³/mol. The fourth-order valence-electron chi connectivity index (χ4n) is 5.03. The third-order valence-corrected chi connectivity index (χ3v) is 6.32. The molecule has 1 aliphatic carbocycles. The first-order valence-corrected chi connectivity index (χ1v) is 9.98. The molecule has 3 aliphatic rings. The zero-order valence-electron chi connectivity index (χ0n) is 16.1. The summed E-state index contributed by atoms with van der Waals surface area (Å²) < 4.78 is 6.31. The van der Waals surface area contributed by atoms with E-state index in [9.17, 15) is 4.79 Å². The van der Waals surface area contributed by atoms with Gasteiger partial charge in [-0.05, 0) is 51.1 Å². The van der Waals surface area contributed by atoms with Crippen LogP contribution in [0.25, 0.3) is 0 Å². The number of likely N-dealkylation sites (tertiary alicyclic amines) is 1. The standard InChI is InChI=1S/C20H36N2O2/c1-15(2)18(23)11-17-5-9-22(10-6-17)13-20-8-7-19(12-20,14-24-20)21-16(3)4/h15-17,21H,5-14H2,1-4H3. The highest BCUT2D eigenvalue weighted by Crippen LogP contribution is 2.48. The molecule has 0 spiro atoms. The van der Waals surface area contributed by atoms with Crippen molar-refractivity contribution in [1.29, 1.82) is 0 Å². The minimum atomic E-state index is 0.0858. The molecule has 138 valence electrons. The van der Waals surface area contributed by atoms with E-state index in [1.54, 1.807) is 0 Å². The van der Waals surface area contributed by atoms with Gasteiger partial charge in [-0.3, -0.25) is 4.79 Å². The van der Waals surface area contributed by atoms with Crippen molar-refractivity contribution in [3.8, 4) is 0 Å². The van der Waals surface area contributed by atoms with Crippen LogP contribution in [-0.2, 0) is 9.53 Å². The highest BCUT2D eigenvalue weighted by molar-refractivity contribution is 5.80. The van der Waals surface area contributed by atoms with Crippen molar-refractivity contribution in [2.45, 2.75) is 83.4 Å². The number of rotatable bonds is 7. The molecule has 2 atom stereocenters. The quantitative estimate of drug-likeness (QED) is 0.776. The molecule has 24 heavy (non-hydrogen) atoms. The summed E-state index contributed by atoms with van der Waals surface area (Å²) in [6, 6.07) is 0.525. The van der Waals surface area contributed by atoms with Gasteiger partial charge in [0.05, 0.1) is 12.2 Å². The molecule has 0 amide bonds. The van der Waals surface area contributed by atoms with Crippen molar-refractivity contribution < 1.29 is 9.53 Å². The van der Waals surface area contributed by atoms with E-state index < -0.39 is 0 Å². The molecule has 3 fully saturated rings. The summed E-state index contributed by atoms with van der Waals surface area (Å²) in [6.45, 7) is 12.7. The third-order valence-electron chi connectivity index (χ3n) is 6.32. The van der Waals surface area contributed by atoms with E-state index in [1.807, 2.05) is 13.8 Å². The Hall–Kier alpha value is -0.450. The first-order valence-electron chi connectivity index (χ1n) is 9.98. The lowest BCUT2D eigenvalue weighted by atomic mass is 9.88. The minimum Gasteiger partial charge on any atom is -0.372 e. The Morgan fingerprint density at radius 1 is 1.21 bits per heavy atom. The summed E-state index contributed by atoms with van der Waals surface area (Å²) in [5, 5.41) is 3.77. The van der Waals surface area contributed by atoms with Crippen LogP contribution in [0.1, 0.15) is 66.2 Å². The molecule has 2 aliphatic heterocycles. The second-order valence-corrected chi connectivity index (χ2v) is 9.27. The first kappa shape index (κ1) is 18.3. The molecule has 0 radical (unpaired) electrons. The number of piperidine rings is 1. The number of hydrogen-bond donors (Lipinski definition) is 1. The molecule has 1 saturated carbocycles. The Kier molecular flexibility index (Phi) is 5.39. The number of Topliss-reactive ketones (excluding diaryl/α,β-unsaturated/α-hetero) is 1. The molecule has 0 aromatic carbocycles. The van der Waals surface area contributed by atoms with Crippen molar-refractivity contribution in [1.82, 2.24) is 10.2 Å². The zero-order valence-corrected chi connectivity index (χ0v) is 16.1. The fraction of sp³-hybridized carbons (Fsp3) is 0.950. The number of carbonyl (C=O) groups is 1. The summed E-state index contributed by atoms with van der Waals surface area (Å²) in [6.07, 6.45) is 6.75. The molecule has 0 aromatic heterocycles. The van der Waals surface area contributed by atoms with E-state index in [-0.39, 0.29) is 17.1 Å². The van der Waals surface area contributed by atoms with Gasteiger partial charge in [0.1, 0.15) is 5.78 Å². The van der Waals surface area contributed by atoms with Gasteiger partial charge in [0.2, 0.25) is 0 Å². The lowest BCUT2D eigenvalue weighted by Gasteiger charge is -2.38. The molecule has 3 rings (SSSR count). The summed E-state index contributed by atoms with van der Waals surface area (Å²) in [4.78, 5) is 14.5. The van der Waals surface area contributed by atoms with Crippen molar-refractivity contribution in [2.24, 2.45) is 11.8 Å². The highest BCUT2D eigenvalue weighted by Gasteiger charge is 2.56. The number of carbonyl (C=O) groups excluding carboxylic acids is 1. The topological polar surface area (TPSA) is 41.6 Å². The summed E-state index contributed by atoms with van der Waals surface area (Å²) in [5.74, 6) is 1.23. The van der Waals surface area contributed by atoms with Gasteiger partial charge in [-0.2, -0.15) is 0 Å². The Labute approximate surface area is 147 Å². The molecule has 0 aromatic rings. The molecule has 4 nitrogen and oxygen atoms in total. The van der Waals surface area contributed by atoms with Crippen molar-refractivity contribution in [3.05, 3.63) is 0 Å². The summed E-state index contributed by atoms with van der Waals surface area (Å²) in [5.41, 5.74) is 0.318. The van der Waals surface area contributed by atoms with Crippen LogP contribution in [0.2, 0.25) is 0 Å². The Bertz CT molecular complexity index is 445. The van der Waals surface area contributed by atoms with E-state index in [4.69, 9.17) is 4.74 Å². The Balaban J connectivity index is 1.46. The van der Waals surface area contributed by atoms with Gasteiger partial charge in [0.25, 0.3) is 0 Å². The molecule has 2 heterocycles. The number of fused-ring (bicyclic) bond motifs is 2. The normalized spacial score (nSPS) is 34.6. The van der Waals surface area contributed by atoms with Crippen molar-refractivity contribution in [2.75, 3.05) is 26.2 Å².